The van der Waals surface area contributed by atoms with Gasteiger partial charge in [-0.2, -0.15) is 0 Å². The molecule has 0 fully saturated rings. The molecule has 0 aliphatic heterocycles. The minimum absolute atomic E-state index is 0.131. The van der Waals surface area contributed by atoms with Crippen LogP contribution < -0.4 is 10.6 Å². The molecule has 5 nitrogen and oxygen atoms in total. The van der Waals surface area contributed by atoms with Gasteiger partial charge in [0.05, 0.1) is 13.1 Å². The monoisotopic (exact) mass is 278 g/mol. The SMILES string of the molecule is C#CCNC(=O)CNC(=O)c1ccc([S@@](C)=O)cc1. The summed E-state index contributed by atoms with van der Waals surface area (Å²) in [6.45, 7) is -0.00626. The van der Waals surface area contributed by atoms with E-state index in [1.54, 1.807) is 30.5 Å². The second-order valence-corrected chi connectivity index (χ2v) is 5.02. The molecule has 0 aliphatic carbocycles. The Morgan fingerprint density at radius 2 is 1.89 bits per heavy atom. The van der Waals surface area contributed by atoms with E-state index in [1.807, 2.05) is 0 Å². The zero-order valence-corrected chi connectivity index (χ0v) is 11.3. The van der Waals surface area contributed by atoms with E-state index in [4.69, 9.17) is 6.42 Å². The summed E-state index contributed by atoms with van der Waals surface area (Å²) in [5.41, 5.74) is 0.402. The third-order valence-corrected chi connectivity index (χ3v) is 3.18. The van der Waals surface area contributed by atoms with Gasteiger partial charge >= 0.3 is 0 Å². The van der Waals surface area contributed by atoms with Gasteiger partial charge < -0.3 is 10.6 Å². The zero-order valence-electron chi connectivity index (χ0n) is 10.4. The summed E-state index contributed by atoms with van der Waals surface area (Å²) >= 11 is 0. The lowest BCUT2D eigenvalue weighted by Gasteiger charge is -2.05. The molecule has 0 saturated heterocycles. The van der Waals surface area contributed by atoms with Crippen LogP contribution in [0.4, 0.5) is 0 Å². The number of hydrogen-bond donors (Lipinski definition) is 2. The largest absolute Gasteiger partial charge is 0.344 e. The minimum Gasteiger partial charge on any atom is -0.344 e. The van der Waals surface area contributed by atoms with Crippen molar-refractivity contribution in [3.8, 4) is 12.3 Å². The number of rotatable bonds is 5. The van der Waals surface area contributed by atoms with Crippen LogP contribution >= 0.6 is 0 Å². The number of amides is 2. The molecule has 1 atom stereocenters. The summed E-state index contributed by atoms with van der Waals surface area (Å²) in [5, 5.41) is 4.89. The summed E-state index contributed by atoms with van der Waals surface area (Å²) in [6, 6.07) is 6.35. The van der Waals surface area contributed by atoms with Gasteiger partial charge in [-0.3, -0.25) is 13.8 Å². The van der Waals surface area contributed by atoms with Gasteiger partial charge in [0, 0.05) is 27.5 Å². The second kappa shape index (κ2) is 7.34. The average molecular weight is 278 g/mol. The topological polar surface area (TPSA) is 75.3 Å². The van der Waals surface area contributed by atoms with Crippen LogP contribution in [0.3, 0.4) is 0 Å². The molecule has 1 rings (SSSR count). The van der Waals surface area contributed by atoms with E-state index < -0.39 is 10.8 Å². The molecule has 19 heavy (non-hydrogen) atoms. The molecule has 1 aromatic rings. The van der Waals surface area contributed by atoms with Gasteiger partial charge in [-0.25, -0.2) is 0 Å². The highest BCUT2D eigenvalue weighted by atomic mass is 32.2. The molecule has 0 spiro atoms. The Hall–Kier alpha value is -2.13. The number of benzene rings is 1. The Balaban J connectivity index is 2.52. The van der Waals surface area contributed by atoms with Crippen molar-refractivity contribution in [2.75, 3.05) is 19.3 Å². The van der Waals surface area contributed by atoms with Gasteiger partial charge in [0.1, 0.15) is 0 Å². The van der Waals surface area contributed by atoms with E-state index in [0.29, 0.717) is 10.5 Å². The first-order valence-electron chi connectivity index (χ1n) is 5.46. The Bertz CT molecular complexity index is 532. The van der Waals surface area contributed by atoms with Crippen molar-refractivity contribution in [3.63, 3.8) is 0 Å². The van der Waals surface area contributed by atoms with E-state index in [0.717, 1.165) is 0 Å². The molecule has 0 aliphatic rings. The number of terminal acetylenes is 1. The summed E-state index contributed by atoms with van der Waals surface area (Å²) in [7, 11) is -1.08. The van der Waals surface area contributed by atoms with Gasteiger partial charge in [-0.15, -0.1) is 6.42 Å². The first-order chi connectivity index (χ1) is 9.04. The van der Waals surface area contributed by atoms with E-state index >= 15 is 0 Å². The lowest BCUT2D eigenvalue weighted by Crippen LogP contribution is -2.37. The molecule has 0 saturated carbocycles. The quantitative estimate of drug-likeness (QED) is 0.739. The molecule has 0 unspecified atom stereocenters. The molecule has 0 bridgehead atoms. The first-order valence-corrected chi connectivity index (χ1v) is 7.02. The Labute approximate surface area is 114 Å². The fraction of sp³-hybridized carbons (Fsp3) is 0.231. The molecule has 100 valence electrons. The maximum atomic E-state index is 11.7. The van der Waals surface area contributed by atoms with Crippen molar-refractivity contribution in [1.29, 1.82) is 0 Å². The van der Waals surface area contributed by atoms with Crippen molar-refractivity contribution in [2.24, 2.45) is 0 Å². The van der Waals surface area contributed by atoms with Crippen molar-refractivity contribution in [1.82, 2.24) is 10.6 Å². The van der Waals surface area contributed by atoms with E-state index in [1.165, 1.54) is 0 Å². The molecule has 0 aromatic heterocycles. The Kier molecular flexibility index (Phi) is 5.76. The molecule has 2 amide bonds. The van der Waals surface area contributed by atoms with Crippen LogP contribution in [0.25, 0.3) is 0 Å². The van der Waals surface area contributed by atoms with Crippen LogP contribution in [0.15, 0.2) is 29.2 Å². The van der Waals surface area contributed by atoms with E-state index in [2.05, 4.69) is 16.6 Å². The highest BCUT2D eigenvalue weighted by Crippen LogP contribution is 2.07. The van der Waals surface area contributed by atoms with Crippen LogP contribution in [0.1, 0.15) is 10.4 Å². The van der Waals surface area contributed by atoms with Crippen LogP contribution in [-0.2, 0) is 15.6 Å². The van der Waals surface area contributed by atoms with Gasteiger partial charge in [0.25, 0.3) is 5.91 Å². The number of carbonyl (C=O) groups excluding carboxylic acids is 2. The normalized spacial score (nSPS) is 11.2. The molecule has 1 aromatic carbocycles. The summed E-state index contributed by atoms with van der Waals surface area (Å²) in [6.07, 6.45) is 6.55. The molecule has 2 N–H and O–H groups in total. The van der Waals surface area contributed by atoms with Crippen LogP contribution in [0.2, 0.25) is 0 Å². The number of nitrogens with one attached hydrogen (secondary N) is 2. The Morgan fingerprint density at radius 3 is 2.42 bits per heavy atom. The summed E-state index contributed by atoms with van der Waals surface area (Å²) in [5.74, 6) is 1.54. The number of carbonyl (C=O) groups is 2. The second-order valence-electron chi connectivity index (χ2n) is 3.64. The first kappa shape index (κ1) is 14.9. The lowest BCUT2D eigenvalue weighted by molar-refractivity contribution is -0.119. The molecular weight excluding hydrogens is 264 g/mol. The Morgan fingerprint density at radius 1 is 1.26 bits per heavy atom. The van der Waals surface area contributed by atoms with Crippen molar-refractivity contribution < 1.29 is 13.8 Å². The summed E-state index contributed by atoms with van der Waals surface area (Å²) in [4.78, 5) is 23.6. The van der Waals surface area contributed by atoms with Gasteiger partial charge in [0.15, 0.2) is 0 Å². The van der Waals surface area contributed by atoms with Crippen LogP contribution in [0, 0.1) is 12.3 Å². The maximum absolute atomic E-state index is 11.7. The standard InChI is InChI=1S/C13H14N2O3S/c1-3-8-14-12(16)9-15-13(17)10-4-6-11(7-5-10)19(2)18/h1,4-7H,8-9H2,2H3,(H,14,16)(H,15,17)/t19-/m1/s1. The van der Waals surface area contributed by atoms with E-state index in [-0.39, 0.29) is 24.9 Å². The smallest absolute Gasteiger partial charge is 0.251 e. The van der Waals surface area contributed by atoms with Gasteiger partial charge in [0.2, 0.25) is 5.91 Å². The maximum Gasteiger partial charge on any atom is 0.251 e. The molecular formula is C13H14N2O3S. The fourth-order valence-corrected chi connectivity index (χ4v) is 1.79. The molecule has 0 heterocycles. The third kappa shape index (κ3) is 4.94. The predicted octanol–water partition coefficient (Wildman–Crippen LogP) is -0.0968. The summed E-state index contributed by atoms with van der Waals surface area (Å²) < 4.78 is 11.2. The predicted molar refractivity (Wildman–Crippen MR) is 73.0 cm³/mol. The third-order valence-electron chi connectivity index (χ3n) is 2.25. The fourth-order valence-electron chi connectivity index (χ4n) is 1.27. The molecule has 6 heteroatoms. The van der Waals surface area contributed by atoms with Crippen LogP contribution in [-0.4, -0.2) is 35.4 Å². The average Bonchev–Trinajstić information content (AvgIpc) is 2.42. The highest BCUT2D eigenvalue weighted by Gasteiger charge is 2.08. The van der Waals surface area contributed by atoms with Crippen molar-refractivity contribution in [3.05, 3.63) is 29.8 Å². The zero-order chi connectivity index (χ0) is 14.3. The lowest BCUT2D eigenvalue weighted by atomic mass is 10.2. The van der Waals surface area contributed by atoms with Crippen LogP contribution in [0.5, 0.6) is 0 Å². The van der Waals surface area contributed by atoms with E-state index in [9.17, 15) is 13.8 Å². The van der Waals surface area contributed by atoms with Gasteiger partial charge in [-0.1, -0.05) is 5.92 Å². The van der Waals surface area contributed by atoms with Crippen molar-refractivity contribution in [2.45, 2.75) is 4.90 Å². The van der Waals surface area contributed by atoms with Gasteiger partial charge in [-0.05, 0) is 24.3 Å². The number of hydrogen-bond acceptors (Lipinski definition) is 3. The van der Waals surface area contributed by atoms with Crippen molar-refractivity contribution >= 4 is 22.6 Å². The highest BCUT2D eigenvalue weighted by molar-refractivity contribution is 7.84. The molecule has 0 radical (unpaired) electrons. The minimum atomic E-state index is -1.08.